The molecule has 1 heterocycles. The third kappa shape index (κ3) is 7.75. The van der Waals surface area contributed by atoms with Crippen molar-refractivity contribution in [1.82, 2.24) is 15.1 Å². The minimum atomic E-state index is -1.25. The number of anilines is 2. The first-order valence-corrected chi connectivity index (χ1v) is 13.6. The minimum Gasteiger partial charge on any atom is -0.480 e. The zero-order chi connectivity index (χ0) is 29.5. The third-order valence-electron chi connectivity index (χ3n) is 6.64. The van der Waals surface area contributed by atoms with Crippen LogP contribution in [0.3, 0.4) is 0 Å². The number of nitrogens with zero attached hydrogens (tertiary/aromatic N) is 2. The highest BCUT2D eigenvalue weighted by Crippen LogP contribution is 2.25. The van der Waals surface area contributed by atoms with Crippen molar-refractivity contribution in [2.45, 2.75) is 12.5 Å². The van der Waals surface area contributed by atoms with E-state index in [2.05, 4.69) is 20.9 Å². The minimum absolute atomic E-state index is 0.0187. The molecule has 0 bridgehead atoms. The molecule has 0 aromatic heterocycles. The van der Waals surface area contributed by atoms with Gasteiger partial charge < -0.3 is 30.9 Å². The Balaban J connectivity index is 1.37. The number of piperazine rings is 1. The van der Waals surface area contributed by atoms with Gasteiger partial charge in [-0.25, -0.2) is 9.59 Å². The summed E-state index contributed by atoms with van der Waals surface area (Å²) in [5.41, 5.74) is 1.82. The van der Waals surface area contributed by atoms with Crippen LogP contribution in [0, 0.1) is 0 Å². The van der Waals surface area contributed by atoms with E-state index in [1.165, 1.54) is 0 Å². The Labute approximate surface area is 247 Å². The molecule has 214 valence electrons. The Kier molecular flexibility index (Phi) is 9.82. The first kappa shape index (κ1) is 29.9. The Morgan fingerprint density at radius 1 is 0.854 bits per heavy atom. The van der Waals surface area contributed by atoms with Crippen molar-refractivity contribution in [2.75, 3.05) is 43.9 Å². The molecule has 1 atom stereocenters. The summed E-state index contributed by atoms with van der Waals surface area (Å²) in [6, 6.07) is 15.9. The van der Waals surface area contributed by atoms with Crippen molar-refractivity contribution in [3.8, 4) is 0 Å². The molecule has 0 spiro atoms. The van der Waals surface area contributed by atoms with Gasteiger partial charge in [-0.05, 0) is 49.0 Å². The fraction of sp³-hybridized carbons (Fsp3) is 0.241. The molecule has 41 heavy (non-hydrogen) atoms. The summed E-state index contributed by atoms with van der Waals surface area (Å²) >= 11 is 12.2. The number of nitrogens with one attached hydrogen (secondary N) is 3. The van der Waals surface area contributed by atoms with Crippen LogP contribution >= 0.6 is 23.2 Å². The Bertz CT molecular complexity index is 1420. The van der Waals surface area contributed by atoms with Crippen molar-refractivity contribution < 1.29 is 24.3 Å². The lowest BCUT2D eigenvalue weighted by atomic mass is 10.1. The molecule has 1 unspecified atom stereocenters. The maximum atomic E-state index is 13.1. The Morgan fingerprint density at radius 2 is 1.49 bits per heavy atom. The average molecular weight is 598 g/mol. The SMILES string of the molecule is CN1CCN(C(=O)c2ccccc2NC(=O)NC(Cc2ccc(NC(=O)c3c(Cl)cccc3Cl)cc2)C(=O)O)CC1. The first-order chi connectivity index (χ1) is 19.6. The lowest BCUT2D eigenvalue weighted by molar-refractivity contribution is -0.139. The van der Waals surface area contributed by atoms with Crippen LogP contribution < -0.4 is 16.0 Å². The van der Waals surface area contributed by atoms with Crippen LogP contribution in [0.15, 0.2) is 66.7 Å². The number of carbonyl (C=O) groups excluding carboxylic acids is 3. The van der Waals surface area contributed by atoms with Crippen molar-refractivity contribution in [3.05, 3.63) is 93.5 Å². The molecule has 4 rings (SSSR count). The number of rotatable bonds is 8. The molecule has 1 aliphatic rings. The second kappa shape index (κ2) is 13.5. The van der Waals surface area contributed by atoms with Crippen molar-refractivity contribution in [3.63, 3.8) is 0 Å². The molecule has 12 heteroatoms. The van der Waals surface area contributed by atoms with E-state index in [1.54, 1.807) is 71.6 Å². The summed E-state index contributed by atoms with van der Waals surface area (Å²) < 4.78 is 0. The molecule has 3 aromatic carbocycles. The number of carboxylic acids is 1. The van der Waals surface area contributed by atoms with Gasteiger partial charge in [0, 0.05) is 38.3 Å². The molecule has 10 nitrogen and oxygen atoms in total. The summed E-state index contributed by atoms with van der Waals surface area (Å²) in [6.07, 6.45) is -0.0187. The third-order valence-corrected chi connectivity index (χ3v) is 7.27. The van der Waals surface area contributed by atoms with Gasteiger partial charge in [-0.2, -0.15) is 0 Å². The topological polar surface area (TPSA) is 131 Å². The molecular formula is C29H29Cl2N5O5. The second-order valence-electron chi connectivity index (χ2n) is 9.58. The number of carbonyl (C=O) groups is 4. The average Bonchev–Trinajstić information content (AvgIpc) is 2.94. The van der Waals surface area contributed by atoms with E-state index in [-0.39, 0.29) is 33.6 Å². The second-order valence-corrected chi connectivity index (χ2v) is 10.4. The number of hydrogen-bond acceptors (Lipinski definition) is 5. The molecule has 0 saturated carbocycles. The van der Waals surface area contributed by atoms with Crippen molar-refractivity contribution in [2.24, 2.45) is 0 Å². The summed E-state index contributed by atoms with van der Waals surface area (Å²) in [4.78, 5) is 54.3. The van der Waals surface area contributed by atoms with E-state index in [0.717, 1.165) is 13.1 Å². The molecule has 0 aliphatic carbocycles. The zero-order valence-corrected chi connectivity index (χ0v) is 23.7. The molecular weight excluding hydrogens is 569 g/mol. The quantitative estimate of drug-likeness (QED) is 0.303. The van der Waals surface area contributed by atoms with Crippen LogP contribution in [0.2, 0.25) is 10.0 Å². The molecule has 1 fully saturated rings. The number of halogens is 2. The molecule has 4 amide bonds. The number of benzene rings is 3. The van der Waals surface area contributed by atoms with E-state index in [1.807, 2.05) is 7.05 Å². The maximum Gasteiger partial charge on any atom is 0.326 e. The molecule has 4 N–H and O–H groups in total. The van der Waals surface area contributed by atoms with Gasteiger partial charge in [-0.1, -0.05) is 53.5 Å². The van der Waals surface area contributed by atoms with E-state index in [4.69, 9.17) is 23.2 Å². The monoisotopic (exact) mass is 597 g/mol. The number of carboxylic acid groups (broad SMARTS) is 1. The van der Waals surface area contributed by atoms with Gasteiger partial charge in [-0.3, -0.25) is 9.59 Å². The van der Waals surface area contributed by atoms with Gasteiger partial charge in [-0.15, -0.1) is 0 Å². The number of amides is 4. The predicted octanol–water partition coefficient (Wildman–Crippen LogP) is 4.45. The summed E-state index contributed by atoms with van der Waals surface area (Å²) in [5, 5.41) is 18.0. The largest absolute Gasteiger partial charge is 0.480 e. The van der Waals surface area contributed by atoms with Crippen LogP contribution in [-0.2, 0) is 11.2 Å². The molecule has 1 saturated heterocycles. The van der Waals surface area contributed by atoms with E-state index >= 15 is 0 Å². The van der Waals surface area contributed by atoms with Gasteiger partial charge in [0.25, 0.3) is 11.8 Å². The highest BCUT2D eigenvalue weighted by Gasteiger charge is 2.25. The van der Waals surface area contributed by atoms with E-state index in [0.29, 0.717) is 29.9 Å². The molecule has 1 aliphatic heterocycles. The molecule has 0 radical (unpaired) electrons. The van der Waals surface area contributed by atoms with Crippen LogP contribution in [0.1, 0.15) is 26.3 Å². The zero-order valence-electron chi connectivity index (χ0n) is 22.2. The van der Waals surface area contributed by atoms with Gasteiger partial charge >= 0.3 is 12.0 Å². The lowest BCUT2D eigenvalue weighted by Crippen LogP contribution is -2.47. The van der Waals surface area contributed by atoms with Crippen LogP contribution in [0.5, 0.6) is 0 Å². The van der Waals surface area contributed by atoms with E-state index in [9.17, 15) is 24.3 Å². The number of hydrogen-bond donors (Lipinski definition) is 4. The summed E-state index contributed by atoms with van der Waals surface area (Å²) in [7, 11) is 1.99. The van der Waals surface area contributed by atoms with Crippen LogP contribution in [0.4, 0.5) is 16.2 Å². The van der Waals surface area contributed by atoms with Gasteiger partial charge in [0.05, 0.1) is 26.9 Å². The highest BCUT2D eigenvalue weighted by atomic mass is 35.5. The van der Waals surface area contributed by atoms with Gasteiger partial charge in [0.2, 0.25) is 0 Å². The maximum absolute atomic E-state index is 13.1. The smallest absolute Gasteiger partial charge is 0.326 e. The first-order valence-electron chi connectivity index (χ1n) is 12.8. The highest BCUT2D eigenvalue weighted by molar-refractivity contribution is 6.40. The molecule has 3 aromatic rings. The normalized spacial score (nSPS) is 14.2. The van der Waals surface area contributed by atoms with Gasteiger partial charge in [0.1, 0.15) is 6.04 Å². The lowest BCUT2D eigenvalue weighted by Gasteiger charge is -2.32. The van der Waals surface area contributed by atoms with Crippen LogP contribution in [0.25, 0.3) is 0 Å². The number of urea groups is 1. The fourth-order valence-corrected chi connectivity index (χ4v) is 4.91. The number of para-hydroxylation sites is 1. The Morgan fingerprint density at radius 3 is 2.12 bits per heavy atom. The fourth-order valence-electron chi connectivity index (χ4n) is 4.34. The Hall–Kier alpha value is -4.12. The summed E-state index contributed by atoms with van der Waals surface area (Å²) in [5.74, 6) is -1.91. The number of aliphatic carboxylic acids is 1. The van der Waals surface area contributed by atoms with Gasteiger partial charge in [0.15, 0.2) is 0 Å². The predicted molar refractivity (Wildman–Crippen MR) is 158 cm³/mol. The van der Waals surface area contributed by atoms with Crippen molar-refractivity contribution in [1.29, 1.82) is 0 Å². The van der Waals surface area contributed by atoms with Crippen LogP contribution in [-0.4, -0.2) is 78.0 Å². The van der Waals surface area contributed by atoms with Crippen molar-refractivity contribution >= 4 is 58.4 Å². The standard InChI is InChI=1S/C29H29Cl2N5O5/c1-35-13-15-36(16-14-35)27(38)20-5-2-3-8-23(20)33-29(41)34-24(28(39)40)17-18-9-11-19(12-10-18)32-26(37)25-21(30)6-4-7-22(25)31/h2-12,24H,13-17H2,1H3,(H,32,37)(H,39,40)(H2,33,34,41). The number of likely N-dealkylation sites (N-methyl/N-ethyl adjacent to an activating group) is 1. The van der Waals surface area contributed by atoms with E-state index < -0.39 is 23.9 Å². The summed E-state index contributed by atoms with van der Waals surface area (Å²) in [6.45, 7) is 2.66.